The van der Waals surface area contributed by atoms with Crippen LogP contribution in [0.1, 0.15) is 62.0 Å². The number of pyridine rings is 1. The van der Waals surface area contributed by atoms with Gasteiger partial charge in [-0.3, -0.25) is 4.79 Å². The summed E-state index contributed by atoms with van der Waals surface area (Å²) in [5.41, 5.74) is 3.03. The average Bonchev–Trinajstić information content (AvgIpc) is 3.52. The van der Waals surface area contributed by atoms with Crippen molar-refractivity contribution in [3.8, 4) is 5.88 Å². The monoisotopic (exact) mass is 507 g/mol. The van der Waals surface area contributed by atoms with Crippen molar-refractivity contribution in [1.29, 1.82) is 0 Å². The maximum atomic E-state index is 13.1. The van der Waals surface area contributed by atoms with E-state index in [0.29, 0.717) is 21.9 Å². The number of carbonyl (C=O) groups is 1. The summed E-state index contributed by atoms with van der Waals surface area (Å²) in [6.07, 6.45) is -0.417. The van der Waals surface area contributed by atoms with E-state index in [1.54, 1.807) is 24.8 Å². The van der Waals surface area contributed by atoms with Crippen molar-refractivity contribution < 1.29 is 22.7 Å². The molecule has 2 fully saturated rings. The molecule has 1 spiro atoms. The van der Waals surface area contributed by atoms with Gasteiger partial charge >= 0.3 is 6.18 Å². The third kappa shape index (κ3) is 7.06. The highest BCUT2D eigenvalue weighted by atomic mass is 32.2. The molecule has 1 aliphatic carbocycles. The summed E-state index contributed by atoms with van der Waals surface area (Å²) in [4.78, 5) is 20.8. The highest BCUT2D eigenvalue weighted by molar-refractivity contribution is 7.99. The molecule has 2 heterocycles. The van der Waals surface area contributed by atoms with Crippen LogP contribution in [-0.2, 0) is 0 Å². The largest absolute Gasteiger partial charge is 0.477 e. The van der Waals surface area contributed by atoms with Crippen LogP contribution in [0.4, 0.5) is 24.5 Å². The lowest BCUT2D eigenvalue weighted by molar-refractivity contribution is -0.139. The number of carbonyl (C=O) groups excluding carboxylic acids is 1. The maximum Gasteiger partial charge on any atom is 0.392 e. The van der Waals surface area contributed by atoms with Gasteiger partial charge < -0.3 is 15.0 Å². The molecule has 2 aliphatic rings. The summed E-state index contributed by atoms with van der Waals surface area (Å²) >= 11 is 1.78. The van der Waals surface area contributed by atoms with Gasteiger partial charge in [0.2, 0.25) is 5.88 Å². The lowest BCUT2D eigenvalue weighted by atomic mass is 9.93. The van der Waals surface area contributed by atoms with Crippen LogP contribution in [-0.4, -0.2) is 42.0 Å². The Bertz CT molecular complexity index is 1060. The molecule has 35 heavy (non-hydrogen) atoms. The van der Waals surface area contributed by atoms with E-state index in [4.69, 9.17) is 4.74 Å². The van der Waals surface area contributed by atoms with Gasteiger partial charge in [0, 0.05) is 29.3 Å². The smallest absolute Gasteiger partial charge is 0.392 e. The minimum Gasteiger partial charge on any atom is -0.477 e. The van der Waals surface area contributed by atoms with Crippen LogP contribution in [0.25, 0.3) is 0 Å². The Hall–Kier alpha value is -2.42. The number of aromatic nitrogens is 1. The van der Waals surface area contributed by atoms with Crippen LogP contribution in [0.15, 0.2) is 35.2 Å². The normalized spacial score (nSPS) is 17.1. The molecule has 1 aromatic carbocycles. The predicted molar refractivity (Wildman–Crippen MR) is 134 cm³/mol. The van der Waals surface area contributed by atoms with Gasteiger partial charge in [-0.2, -0.15) is 13.2 Å². The highest BCUT2D eigenvalue weighted by Gasteiger charge is 2.44. The molecule has 1 saturated carbocycles. The lowest BCUT2D eigenvalue weighted by Gasteiger charge is -2.35. The highest BCUT2D eigenvalue weighted by Crippen LogP contribution is 2.54. The maximum absolute atomic E-state index is 13.1. The van der Waals surface area contributed by atoms with Gasteiger partial charge in [0.1, 0.15) is 5.69 Å². The second kappa shape index (κ2) is 10.3. The quantitative estimate of drug-likeness (QED) is 0.396. The minimum atomic E-state index is -4.31. The second-order valence-corrected chi connectivity index (χ2v) is 11.5. The van der Waals surface area contributed by atoms with E-state index in [9.17, 15) is 18.0 Å². The van der Waals surface area contributed by atoms with Crippen molar-refractivity contribution in [2.45, 2.75) is 69.2 Å². The molecule has 1 N–H and O–H groups in total. The molecular formula is C26H32F3N3O2S. The number of alkyl halides is 3. The van der Waals surface area contributed by atoms with Crippen LogP contribution < -0.4 is 15.0 Å². The number of ether oxygens (including phenoxy) is 1. The van der Waals surface area contributed by atoms with Crippen LogP contribution in [0, 0.1) is 12.3 Å². The van der Waals surface area contributed by atoms with Crippen LogP contribution in [0.3, 0.4) is 0 Å². The van der Waals surface area contributed by atoms with Gasteiger partial charge in [0.05, 0.1) is 24.4 Å². The van der Waals surface area contributed by atoms with E-state index in [1.807, 2.05) is 12.1 Å². The molecule has 0 radical (unpaired) electrons. The number of thioether (sulfide) groups is 1. The third-order valence-electron chi connectivity index (χ3n) is 6.53. The number of rotatable bonds is 8. The van der Waals surface area contributed by atoms with Gasteiger partial charge in [-0.1, -0.05) is 13.8 Å². The Labute approximate surface area is 208 Å². The summed E-state index contributed by atoms with van der Waals surface area (Å²) in [5, 5.41) is 3.42. The number of hydrogen-bond donors (Lipinski definition) is 1. The molecule has 1 saturated heterocycles. The van der Waals surface area contributed by atoms with Crippen LogP contribution in [0.5, 0.6) is 5.88 Å². The van der Waals surface area contributed by atoms with Gasteiger partial charge in [0.15, 0.2) is 0 Å². The van der Waals surface area contributed by atoms with Crippen molar-refractivity contribution in [2.75, 3.05) is 29.9 Å². The number of nitrogens with zero attached hydrogens (tertiary/aromatic N) is 2. The SMILES string of the molecule is Cc1cc(OCCC(F)(F)F)nc(C(=O)Nc2ccc(SC(C)C)cc2N2CCC3(CC2)CC3)c1. The Morgan fingerprint density at radius 1 is 1.17 bits per heavy atom. The van der Waals surface area contributed by atoms with Gasteiger partial charge in [-0.15, -0.1) is 11.8 Å². The molecule has 190 valence electrons. The average molecular weight is 508 g/mol. The van der Waals surface area contributed by atoms with Crippen LogP contribution >= 0.6 is 11.8 Å². The molecular weight excluding hydrogens is 475 g/mol. The lowest BCUT2D eigenvalue weighted by Crippen LogP contribution is -2.35. The topological polar surface area (TPSA) is 54.5 Å². The van der Waals surface area contributed by atoms with E-state index in [1.165, 1.54) is 31.7 Å². The number of nitrogens with one attached hydrogen (secondary N) is 1. The number of halogens is 3. The molecule has 0 atom stereocenters. The van der Waals surface area contributed by atoms with E-state index in [0.717, 1.165) is 23.7 Å². The summed E-state index contributed by atoms with van der Waals surface area (Å²) in [6, 6.07) is 9.20. The summed E-state index contributed by atoms with van der Waals surface area (Å²) in [5.74, 6) is -0.412. The number of aryl methyl sites for hydroxylation is 1. The standard InChI is InChI=1S/C26H32F3N3O2S/c1-17(2)35-19-4-5-20(22(16-19)32-11-8-25(6-7-25)9-12-32)31-24(33)21-14-18(3)15-23(30-21)34-13-10-26(27,28)29/h4-5,14-17H,6-13H2,1-3H3,(H,31,33). The molecule has 1 aromatic heterocycles. The Morgan fingerprint density at radius 3 is 2.51 bits per heavy atom. The van der Waals surface area contributed by atoms with Gasteiger partial charge in [-0.05, 0) is 67.9 Å². The van der Waals surface area contributed by atoms with Gasteiger partial charge in [0.25, 0.3) is 5.91 Å². The van der Waals surface area contributed by atoms with E-state index >= 15 is 0 Å². The van der Waals surface area contributed by atoms with Crippen molar-refractivity contribution in [2.24, 2.45) is 5.41 Å². The summed E-state index contributed by atoms with van der Waals surface area (Å²) in [7, 11) is 0. The Balaban J connectivity index is 1.52. The van der Waals surface area contributed by atoms with Crippen molar-refractivity contribution in [3.63, 3.8) is 0 Å². The van der Waals surface area contributed by atoms with Gasteiger partial charge in [-0.25, -0.2) is 4.98 Å². The summed E-state index contributed by atoms with van der Waals surface area (Å²) in [6.45, 7) is 7.42. The van der Waals surface area contributed by atoms with Crippen molar-refractivity contribution in [3.05, 3.63) is 41.6 Å². The molecule has 2 aromatic rings. The van der Waals surface area contributed by atoms with E-state index in [-0.39, 0.29) is 11.6 Å². The first-order chi connectivity index (χ1) is 16.5. The molecule has 9 heteroatoms. The van der Waals surface area contributed by atoms with Crippen LogP contribution in [0.2, 0.25) is 0 Å². The molecule has 5 nitrogen and oxygen atoms in total. The third-order valence-corrected chi connectivity index (χ3v) is 7.52. The molecule has 1 amide bonds. The Kier molecular flexibility index (Phi) is 7.54. The molecule has 0 unspecified atom stereocenters. The first kappa shape index (κ1) is 25.7. The predicted octanol–water partition coefficient (Wildman–Crippen LogP) is 6.85. The van der Waals surface area contributed by atoms with E-state index < -0.39 is 25.1 Å². The number of hydrogen-bond acceptors (Lipinski definition) is 5. The fraction of sp³-hybridized carbons (Fsp3) is 0.538. The first-order valence-electron chi connectivity index (χ1n) is 12.1. The second-order valence-electron chi connectivity index (χ2n) is 9.87. The fourth-order valence-electron chi connectivity index (χ4n) is 4.41. The first-order valence-corrected chi connectivity index (χ1v) is 13.0. The number of piperidine rings is 1. The summed E-state index contributed by atoms with van der Waals surface area (Å²) < 4.78 is 42.5. The van der Waals surface area contributed by atoms with E-state index in [2.05, 4.69) is 35.1 Å². The minimum absolute atomic E-state index is 0.00840. The molecule has 0 bridgehead atoms. The number of amides is 1. The zero-order valence-corrected chi connectivity index (χ0v) is 21.2. The zero-order chi connectivity index (χ0) is 25.2. The van der Waals surface area contributed by atoms with Crippen molar-refractivity contribution in [1.82, 2.24) is 4.98 Å². The number of anilines is 2. The molecule has 4 rings (SSSR count). The number of benzene rings is 1. The Morgan fingerprint density at radius 2 is 1.89 bits per heavy atom. The van der Waals surface area contributed by atoms with Crippen molar-refractivity contribution >= 4 is 29.0 Å². The fourth-order valence-corrected chi connectivity index (χ4v) is 5.28. The zero-order valence-electron chi connectivity index (χ0n) is 20.4. The molecule has 1 aliphatic heterocycles.